The van der Waals surface area contributed by atoms with Crippen LogP contribution in [-0.4, -0.2) is 33.2 Å². The minimum atomic E-state index is -0.300. The van der Waals surface area contributed by atoms with E-state index >= 15 is 0 Å². The van der Waals surface area contributed by atoms with Crippen molar-refractivity contribution < 1.29 is 9.53 Å². The molecule has 0 fully saturated rings. The number of rotatable bonds is 13. The summed E-state index contributed by atoms with van der Waals surface area (Å²) in [7, 11) is 0. The van der Waals surface area contributed by atoms with E-state index < -0.39 is 0 Å². The van der Waals surface area contributed by atoms with Gasteiger partial charge in [0.05, 0.1) is 6.61 Å². The topological polar surface area (TPSA) is 39.4 Å². The van der Waals surface area contributed by atoms with Gasteiger partial charge in [-0.15, -0.1) is 0 Å². The Kier molecular flexibility index (Phi) is 8.85. The molecule has 0 aliphatic rings. The number of carbonyl (C=O) groups excluding carboxylic acids is 1. The Morgan fingerprint density at radius 2 is 1.18 bits per heavy atom. The second-order valence-electron chi connectivity index (χ2n) is 11.9. The highest BCUT2D eigenvalue weighted by Gasteiger charge is 2.15. The van der Waals surface area contributed by atoms with Gasteiger partial charge in [-0.2, -0.15) is 0 Å². The van der Waals surface area contributed by atoms with Gasteiger partial charge in [0.15, 0.2) is 0 Å². The van der Waals surface area contributed by atoms with E-state index in [1.165, 1.54) is 54.7 Å². The zero-order chi connectivity index (χ0) is 30.6. The number of para-hydroxylation sites is 2. The smallest absolute Gasteiger partial charge is 0.333 e. The number of fused-ring (bicyclic) bond motifs is 6. The van der Waals surface area contributed by atoms with E-state index in [2.05, 4.69) is 119 Å². The molecule has 0 unspecified atom stereocenters. The van der Waals surface area contributed by atoms with Crippen molar-refractivity contribution in [2.45, 2.75) is 66.2 Å². The van der Waals surface area contributed by atoms with E-state index in [0.29, 0.717) is 12.2 Å². The molecule has 0 atom stereocenters. The second-order valence-corrected chi connectivity index (χ2v) is 11.9. The van der Waals surface area contributed by atoms with E-state index in [4.69, 9.17) is 4.74 Å². The third-order valence-corrected chi connectivity index (χ3v) is 8.82. The molecule has 6 rings (SSSR count). The van der Waals surface area contributed by atoms with Gasteiger partial charge in [-0.1, -0.05) is 55.1 Å². The molecule has 226 valence electrons. The van der Waals surface area contributed by atoms with E-state index in [-0.39, 0.29) is 5.97 Å². The lowest BCUT2D eigenvalue weighted by Crippen LogP contribution is -2.24. The van der Waals surface area contributed by atoms with Crippen molar-refractivity contribution in [1.82, 2.24) is 14.0 Å². The molecule has 4 aromatic carbocycles. The van der Waals surface area contributed by atoms with Crippen LogP contribution in [0.25, 0.3) is 43.6 Å². The number of hydrogen-bond acceptors (Lipinski definition) is 3. The molecule has 0 saturated heterocycles. The summed E-state index contributed by atoms with van der Waals surface area (Å²) in [6.45, 7) is 14.9. The molecule has 2 heterocycles. The first kappa shape index (κ1) is 29.7. The number of unbranched alkanes of at least 4 members (excludes halogenated alkanes) is 2. The molecule has 0 radical (unpaired) electrons. The molecule has 6 aromatic rings. The lowest BCUT2D eigenvalue weighted by molar-refractivity contribution is -0.139. The summed E-state index contributed by atoms with van der Waals surface area (Å²) in [5.74, 6) is -0.300. The van der Waals surface area contributed by atoms with Crippen molar-refractivity contribution >= 4 is 49.6 Å². The number of ether oxygens (including phenoxy) is 1. The summed E-state index contributed by atoms with van der Waals surface area (Å²) >= 11 is 0. The van der Waals surface area contributed by atoms with Gasteiger partial charge in [-0.3, -0.25) is 4.90 Å². The number of benzene rings is 4. The Morgan fingerprint density at radius 3 is 1.68 bits per heavy atom. The lowest BCUT2D eigenvalue weighted by Gasteiger charge is -2.23. The second kappa shape index (κ2) is 13.1. The number of nitrogens with zero attached hydrogens (tertiary/aromatic N) is 3. The van der Waals surface area contributed by atoms with Gasteiger partial charge in [0.2, 0.25) is 0 Å². The molecule has 0 bridgehead atoms. The standard InChI is InChI=1S/C39H43N3O2/c1-5-41-35-16-10-8-14-31(35)33-24-29(18-20-37(33)41)26-40(22-12-7-13-23-44-39(43)28(3)4)27-30-19-21-38-34(25-30)32-15-9-11-17-36(32)42(38)6-2/h8-11,14-21,24-25H,3,5-7,12-13,22-23,26-27H2,1-2,4H3. The maximum Gasteiger partial charge on any atom is 0.333 e. The molecule has 0 amide bonds. The van der Waals surface area contributed by atoms with Crippen molar-refractivity contribution in [3.63, 3.8) is 0 Å². The van der Waals surface area contributed by atoms with Gasteiger partial charge in [0, 0.05) is 75.4 Å². The average molecular weight is 586 g/mol. The quantitative estimate of drug-likeness (QED) is 0.0770. The van der Waals surface area contributed by atoms with Gasteiger partial charge in [0.1, 0.15) is 0 Å². The lowest BCUT2D eigenvalue weighted by atomic mass is 10.1. The van der Waals surface area contributed by atoms with E-state index in [9.17, 15) is 4.79 Å². The number of aryl methyl sites for hydroxylation is 2. The molecule has 0 N–H and O–H groups in total. The minimum absolute atomic E-state index is 0.300. The minimum Gasteiger partial charge on any atom is -0.462 e. The Morgan fingerprint density at radius 1 is 0.682 bits per heavy atom. The Labute approximate surface area is 260 Å². The highest BCUT2D eigenvalue weighted by molar-refractivity contribution is 6.09. The SMILES string of the molecule is C=C(C)C(=O)OCCCCCN(Cc1ccc2c(c1)c1ccccc1n2CC)Cc1ccc2c(c1)c1ccccc1n2CC. The molecule has 0 spiro atoms. The molecule has 5 heteroatoms. The first-order chi connectivity index (χ1) is 21.5. The van der Waals surface area contributed by atoms with Crippen LogP contribution in [-0.2, 0) is 35.7 Å². The monoisotopic (exact) mass is 585 g/mol. The Hall–Kier alpha value is -4.35. The van der Waals surface area contributed by atoms with Gasteiger partial charge >= 0.3 is 5.97 Å². The van der Waals surface area contributed by atoms with Crippen LogP contribution in [0.3, 0.4) is 0 Å². The average Bonchev–Trinajstić information content (AvgIpc) is 3.53. The molecular formula is C39H43N3O2. The molecular weight excluding hydrogens is 542 g/mol. The van der Waals surface area contributed by atoms with E-state index in [1.807, 2.05) is 0 Å². The van der Waals surface area contributed by atoms with Crippen molar-refractivity contribution in [2.24, 2.45) is 0 Å². The molecule has 0 saturated carbocycles. The third kappa shape index (κ3) is 5.89. The van der Waals surface area contributed by atoms with Gasteiger partial charge in [0.25, 0.3) is 0 Å². The summed E-state index contributed by atoms with van der Waals surface area (Å²) < 4.78 is 10.1. The summed E-state index contributed by atoms with van der Waals surface area (Å²) in [4.78, 5) is 14.3. The number of esters is 1. The van der Waals surface area contributed by atoms with Gasteiger partial charge in [-0.05, 0) is 94.1 Å². The van der Waals surface area contributed by atoms with Gasteiger partial charge in [-0.25, -0.2) is 4.79 Å². The van der Waals surface area contributed by atoms with Crippen molar-refractivity contribution in [2.75, 3.05) is 13.2 Å². The predicted octanol–water partition coefficient (Wildman–Crippen LogP) is 9.23. The maximum absolute atomic E-state index is 11.7. The van der Waals surface area contributed by atoms with Gasteiger partial charge < -0.3 is 13.9 Å². The van der Waals surface area contributed by atoms with Crippen molar-refractivity contribution in [1.29, 1.82) is 0 Å². The van der Waals surface area contributed by atoms with E-state index in [1.54, 1.807) is 6.92 Å². The Bertz CT molecular complexity index is 1840. The fourth-order valence-electron chi connectivity index (χ4n) is 6.71. The number of hydrogen-bond donors (Lipinski definition) is 0. The van der Waals surface area contributed by atoms with Crippen LogP contribution in [0.15, 0.2) is 97.1 Å². The predicted molar refractivity (Wildman–Crippen MR) is 184 cm³/mol. The zero-order valence-corrected chi connectivity index (χ0v) is 26.3. The van der Waals surface area contributed by atoms with Crippen LogP contribution >= 0.6 is 0 Å². The molecule has 5 nitrogen and oxygen atoms in total. The van der Waals surface area contributed by atoms with Crippen molar-refractivity contribution in [3.8, 4) is 0 Å². The van der Waals surface area contributed by atoms with Crippen LogP contribution in [0.5, 0.6) is 0 Å². The molecule has 0 aliphatic heterocycles. The first-order valence-corrected chi connectivity index (χ1v) is 16.0. The van der Waals surface area contributed by atoms with Crippen LogP contribution in [0.4, 0.5) is 0 Å². The summed E-state index contributed by atoms with van der Waals surface area (Å²) in [6.07, 6.45) is 2.91. The number of aromatic nitrogens is 2. The van der Waals surface area contributed by atoms with Crippen LogP contribution in [0.1, 0.15) is 51.2 Å². The highest BCUT2D eigenvalue weighted by atomic mass is 16.5. The van der Waals surface area contributed by atoms with Crippen LogP contribution in [0.2, 0.25) is 0 Å². The molecule has 0 aliphatic carbocycles. The zero-order valence-electron chi connectivity index (χ0n) is 26.3. The summed E-state index contributed by atoms with van der Waals surface area (Å²) in [5.41, 5.74) is 8.30. The van der Waals surface area contributed by atoms with Crippen LogP contribution < -0.4 is 0 Å². The van der Waals surface area contributed by atoms with E-state index in [0.717, 1.165) is 52.0 Å². The third-order valence-electron chi connectivity index (χ3n) is 8.82. The molecule has 44 heavy (non-hydrogen) atoms. The Balaban J connectivity index is 1.25. The summed E-state index contributed by atoms with van der Waals surface area (Å²) in [6, 6.07) is 31.5. The summed E-state index contributed by atoms with van der Waals surface area (Å²) in [5, 5.41) is 5.29. The first-order valence-electron chi connectivity index (χ1n) is 16.0. The largest absolute Gasteiger partial charge is 0.462 e. The number of carbonyl (C=O) groups is 1. The van der Waals surface area contributed by atoms with Crippen LogP contribution in [0, 0.1) is 0 Å². The molecule has 2 aromatic heterocycles. The fourth-order valence-corrected chi connectivity index (χ4v) is 6.71. The highest BCUT2D eigenvalue weighted by Crippen LogP contribution is 2.32. The normalized spacial score (nSPS) is 11.8. The fraction of sp³-hybridized carbons (Fsp3) is 0.308. The maximum atomic E-state index is 11.7. The van der Waals surface area contributed by atoms with Crippen molar-refractivity contribution in [3.05, 3.63) is 108 Å².